The van der Waals surface area contributed by atoms with Gasteiger partial charge in [-0.05, 0) is 67.5 Å². The summed E-state index contributed by atoms with van der Waals surface area (Å²) in [6.45, 7) is 0. The fourth-order valence-electron chi connectivity index (χ4n) is 2.77. The van der Waals surface area contributed by atoms with Crippen molar-refractivity contribution in [1.82, 2.24) is 0 Å². The molecule has 0 saturated carbocycles. The first kappa shape index (κ1) is 18.3. The monoisotopic (exact) mass is 328 g/mol. The van der Waals surface area contributed by atoms with Gasteiger partial charge in [0.1, 0.15) is 11.5 Å². The molecule has 0 spiro atoms. The van der Waals surface area contributed by atoms with Crippen LogP contribution in [0.4, 0.5) is 0 Å². The SMILES string of the molecule is COc1ccc(CCCC[C@@H](O)CCc2ccc(OC)cc2)cc1. The van der Waals surface area contributed by atoms with Gasteiger partial charge >= 0.3 is 0 Å². The number of unbranched alkanes of at least 4 members (excludes halogenated alkanes) is 1. The van der Waals surface area contributed by atoms with Crippen LogP contribution in [-0.4, -0.2) is 25.4 Å². The third kappa shape index (κ3) is 6.25. The van der Waals surface area contributed by atoms with E-state index in [9.17, 15) is 5.11 Å². The summed E-state index contributed by atoms with van der Waals surface area (Å²) in [5.41, 5.74) is 2.57. The fraction of sp³-hybridized carbons (Fsp3) is 0.429. The lowest BCUT2D eigenvalue weighted by Gasteiger charge is -2.11. The highest BCUT2D eigenvalue weighted by molar-refractivity contribution is 5.27. The van der Waals surface area contributed by atoms with E-state index in [0.717, 1.165) is 50.0 Å². The molecule has 1 N–H and O–H groups in total. The molecule has 1 atom stereocenters. The van der Waals surface area contributed by atoms with E-state index < -0.39 is 0 Å². The summed E-state index contributed by atoms with van der Waals surface area (Å²) < 4.78 is 10.3. The number of aliphatic hydroxyl groups is 1. The first-order valence-electron chi connectivity index (χ1n) is 8.65. The van der Waals surface area contributed by atoms with Crippen molar-refractivity contribution >= 4 is 0 Å². The molecular formula is C21H28O3. The van der Waals surface area contributed by atoms with Crippen LogP contribution in [0, 0.1) is 0 Å². The molecule has 0 aliphatic carbocycles. The lowest BCUT2D eigenvalue weighted by molar-refractivity contribution is 0.151. The summed E-state index contributed by atoms with van der Waals surface area (Å²) in [4.78, 5) is 0. The number of aryl methyl sites for hydroxylation is 2. The van der Waals surface area contributed by atoms with Crippen LogP contribution < -0.4 is 9.47 Å². The Morgan fingerprint density at radius 2 is 1.21 bits per heavy atom. The molecule has 3 heteroatoms. The summed E-state index contributed by atoms with van der Waals surface area (Å²) in [7, 11) is 3.35. The number of aliphatic hydroxyl groups excluding tert-OH is 1. The summed E-state index contributed by atoms with van der Waals surface area (Å²) >= 11 is 0. The molecule has 2 aromatic carbocycles. The molecule has 24 heavy (non-hydrogen) atoms. The first-order valence-corrected chi connectivity index (χ1v) is 8.65. The van der Waals surface area contributed by atoms with Crippen LogP contribution in [0.25, 0.3) is 0 Å². The van der Waals surface area contributed by atoms with Crippen LogP contribution in [-0.2, 0) is 12.8 Å². The summed E-state index contributed by atoms with van der Waals surface area (Å²) in [5.74, 6) is 1.77. The number of benzene rings is 2. The fourth-order valence-corrected chi connectivity index (χ4v) is 2.77. The molecule has 2 rings (SSSR count). The Morgan fingerprint density at radius 1 is 0.708 bits per heavy atom. The predicted octanol–water partition coefficient (Wildman–Crippen LogP) is 4.41. The molecule has 0 unspecified atom stereocenters. The topological polar surface area (TPSA) is 38.7 Å². The predicted molar refractivity (Wildman–Crippen MR) is 97.9 cm³/mol. The van der Waals surface area contributed by atoms with Crippen LogP contribution in [0.5, 0.6) is 11.5 Å². The quantitative estimate of drug-likeness (QED) is 0.657. The van der Waals surface area contributed by atoms with Crippen molar-refractivity contribution in [1.29, 1.82) is 0 Å². The Morgan fingerprint density at radius 3 is 1.71 bits per heavy atom. The molecule has 0 heterocycles. The zero-order chi connectivity index (χ0) is 17.2. The van der Waals surface area contributed by atoms with Crippen LogP contribution in [0.3, 0.4) is 0 Å². The molecule has 0 aromatic heterocycles. The Labute approximate surface area is 145 Å². The molecular weight excluding hydrogens is 300 g/mol. The van der Waals surface area contributed by atoms with E-state index in [1.807, 2.05) is 24.3 Å². The van der Waals surface area contributed by atoms with Gasteiger partial charge in [-0.15, -0.1) is 0 Å². The van der Waals surface area contributed by atoms with Crippen LogP contribution in [0.2, 0.25) is 0 Å². The Bertz CT molecular complexity index is 575. The highest BCUT2D eigenvalue weighted by Gasteiger charge is 2.05. The highest BCUT2D eigenvalue weighted by Crippen LogP contribution is 2.16. The minimum absolute atomic E-state index is 0.219. The average molecular weight is 328 g/mol. The first-order chi connectivity index (χ1) is 11.7. The average Bonchev–Trinajstić information content (AvgIpc) is 2.64. The van der Waals surface area contributed by atoms with E-state index in [1.165, 1.54) is 11.1 Å². The largest absolute Gasteiger partial charge is 0.497 e. The molecule has 0 radical (unpaired) electrons. The zero-order valence-electron chi connectivity index (χ0n) is 14.7. The molecule has 0 bridgehead atoms. The maximum absolute atomic E-state index is 10.1. The minimum atomic E-state index is -0.219. The molecule has 0 amide bonds. The van der Waals surface area contributed by atoms with Gasteiger partial charge in [0.2, 0.25) is 0 Å². The summed E-state index contributed by atoms with van der Waals surface area (Å²) in [6, 6.07) is 16.3. The number of rotatable bonds is 10. The smallest absolute Gasteiger partial charge is 0.118 e. The standard InChI is InChI=1S/C21H28O3/c1-23-20-13-8-17(9-14-20)5-3-4-6-19(22)12-7-18-10-15-21(24-2)16-11-18/h8-11,13-16,19,22H,3-7,12H2,1-2H3/t19-/m1/s1. The highest BCUT2D eigenvalue weighted by atomic mass is 16.5. The van der Waals surface area contributed by atoms with Crippen LogP contribution in [0.15, 0.2) is 48.5 Å². The number of hydrogen-bond donors (Lipinski definition) is 1. The molecule has 0 aliphatic rings. The van der Waals surface area contributed by atoms with Crippen LogP contribution >= 0.6 is 0 Å². The Balaban J connectivity index is 1.61. The maximum atomic E-state index is 10.1. The van der Waals surface area contributed by atoms with Gasteiger partial charge in [-0.2, -0.15) is 0 Å². The second-order valence-corrected chi connectivity index (χ2v) is 6.13. The van der Waals surface area contributed by atoms with Gasteiger partial charge in [-0.1, -0.05) is 30.7 Å². The third-order valence-corrected chi connectivity index (χ3v) is 4.34. The van der Waals surface area contributed by atoms with Gasteiger partial charge in [-0.25, -0.2) is 0 Å². The van der Waals surface area contributed by atoms with E-state index >= 15 is 0 Å². The molecule has 130 valence electrons. The molecule has 0 fully saturated rings. The van der Waals surface area contributed by atoms with Gasteiger partial charge < -0.3 is 14.6 Å². The van der Waals surface area contributed by atoms with Gasteiger partial charge in [0.25, 0.3) is 0 Å². The van der Waals surface area contributed by atoms with Crippen LogP contribution in [0.1, 0.15) is 36.8 Å². The van der Waals surface area contributed by atoms with Crippen molar-refractivity contribution in [3.05, 3.63) is 59.7 Å². The van der Waals surface area contributed by atoms with E-state index in [1.54, 1.807) is 14.2 Å². The van der Waals surface area contributed by atoms with Gasteiger partial charge in [-0.3, -0.25) is 0 Å². The van der Waals surface area contributed by atoms with Crippen molar-refractivity contribution in [3.63, 3.8) is 0 Å². The Hall–Kier alpha value is -2.00. The lowest BCUT2D eigenvalue weighted by atomic mass is 10.0. The van der Waals surface area contributed by atoms with Gasteiger partial charge in [0.05, 0.1) is 20.3 Å². The van der Waals surface area contributed by atoms with Crippen molar-refractivity contribution < 1.29 is 14.6 Å². The van der Waals surface area contributed by atoms with Gasteiger partial charge in [0.15, 0.2) is 0 Å². The number of ether oxygens (including phenoxy) is 2. The molecule has 3 nitrogen and oxygen atoms in total. The summed E-state index contributed by atoms with van der Waals surface area (Å²) in [6.07, 6.45) is 5.57. The van der Waals surface area contributed by atoms with Crippen molar-refractivity contribution in [3.8, 4) is 11.5 Å². The minimum Gasteiger partial charge on any atom is -0.497 e. The normalized spacial score (nSPS) is 12.0. The second-order valence-electron chi connectivity index (χ2n) is 6.13. The summed E-state index contributed by atoms with van der Waals surface area (Å²) in [5, 5.41) is 10.1. The second kappa shape index (κ2) is 9.99. The Kier molecular flexibility index (Phi) is 7.63. The molecule has 2 aromatic rings. The van der Waals surface area contributed by atoms with E-state index in [2.05, 4.69) is 24.3 Å². The van der Waals surface area contributed by atoms with E-state index in [0.29, 0.717) is 0 Å². The third-order valence-electron chi connectivity index (χ3n) is 4.34. The van der Waals surface area contributed by atoms with Crippen molar-refractivity contribution in [2.45, 2.75) is 44.6 Å². The zero-order valence-corrected chi connectivity index (χ0v) is 14.7. The molecule has 0 saturated heterocycles. The van der Waals surface area contributed by atoms with Crippen molar-refractivity contribution in [2.75, 3.05) is 14.2 Å². The van der Waals surface area contributed by atoms with E-state index in [-0.39, 0.29) is 6.10 Å². The maximum Gasteiger partial charge on any atom is 0.118 e. The van der Waals surface area contributed by atoms with E-state index in [4.69, 9.17) is 9.47 Å². The number of hydrogen-bond acceptors (Lipinski definition) is 3. The van der Waals surface area contributed by atoms with Gasteiger partial charge in [0, 0.05) is 0 Å². The lowest BCUT2D eigenvalue weighted by Crippen LogP contribution is -2.08. The molecule has 0 aliphatic heterocycles. The number of methoxy groups -OCH3 is 2. The van der Waals surface area contributed by atoms with Crippen molar-refractivity contribution in [2.24, 2.45) is 0 Å².